The molecule has 1 rings (SSSR count). The van der Waals surface area contributed by atoms with E-state index in [1.165, 1.54) is 22.3 Å². The SMILES string of the molecule is C/C=C(\CC)c1cc(C)cc(C)c1.[HH]. The van der Waals surface area contributed by atoms with Crippen molar-refractivity contribution < 1.29 is 1.43 Å². The van der Waals surface area contributed by atoms with Crippen molar-refractivity contribution in [2.45, 2.75) is 34.1 Å². The Labute approximate surface area is 82.8 Å². The lowest BCUT2D eigenvalue weighted by Gasteiger charge is -2.06. The highest BCUT2D eigenvalue weighted by Crippen LogP contribution is 2.20. The smallest absolute Gasteiger partial charge is 0 e. The van der Waals surface area contributed by atoms with E-state index in [1.54, 1.807) is 0 Å². The Kier molecular flexibility index (Phi) is 3.30. The molecule has 0 radical (unpaired) electrons. The molecule has 0 aliphatic rings. The molecule has 0 spiro atoms. The van der Waals surface area contributed by atoms with Gasteiger partial charge in [0.25, 0.3) is 0 Å². The molecule has 72 valence electrons. The fourth-order valence-corrected chi connectivity index (χ4v) is 1.73. The second-order valence-corrected chi connectivity index (χ2v) is 3.54. The van der Waals surface area contributed by atoms with E-state index in [9.17, 15) is 0 Å². The molecule has 0 saturated carbocycles. The van der Waals surface area contributed by atoms with E-state index in [0.717, 1.165) is 6.42 Å². The zero-order valence-electron chi connectivity index (χ0n) is 9.02. The van der Waals surface area contributed by atoms with Crippen molar-refractivity contribution in [3.63, 3.8) is 0 Å². The summed E-state index contributed by atoms with van der Waals surface area (Å²) < 4.78 is 0. The van der Waals surface area contributed by atoms with E-state index >= 15 is 0 Å². The van der Waals surface area contributed by atoms with Gasteiger partial charge in [0.1, 0.15) is 0 Å². The fraction of sp³-hybridized carbons (Fsp3) is 0.385. The van der Waals surface area contributed by atoms with Crippen LogP contribution in [0.5, 0.6) is 0 Å². The van der Waals surface area contributed by atoms with Gasteiger partial charge < -0.3 is 0 Å². The van der Waals surface area contributed by atoms with E-state index in [1.807, 2.05) is 0 Å². The largest absolute Gasteiger partial charge is 0.0839 e. The van der Waals surface area contributed by atoms with E-state index in [-0.39, 0.29) is 1.43 Å². The molecule has 0 aliphatic carbocycles. The van der Waals surface area contributed by atoms with Crippen molar-refractivity contribution in [1.82, 2.24) is 0 Å². The molecular formula is C13H20. The lowest BCUT2D eigenvalue weighted by molar-refractivity contribution is 1.22. The summed E-state index contributed by atoms with van der Waals surface area (Å²) in [5.41, 5.74) is 5.51. The zero-order valence-corrected chi connectivity index (χ0v) is 9.02. The van der Waals surface area contributed by atoms with Crippen LogP contribution in [0, 0.1) is 13.8 Å². The first-order valence-electron chi connectivity index (χ1n) is 4.91. The van der Waals surface area contributed by atoms with Gasteiger partial charge in [-0.2, -0.15) is 0 Å². The van der Waals surface area contributed by atoms with Crippen LogP contribution >= 0.6 is 0 Å². The second-order valence-electron chi connectivity index (χ2n) is 3.54. The van der Waals surface area contributed by atoms with Gasteiger partial charge in [-0.15, -0.1) is 0 Å². The highest BCUT2D eigenvalue weighted by molar-refractivity contribution is 5.66. The molecular weight excluding hydrogens is 156 g/mol. The van der Waals surface area contributed by atoms with E-state index in [0.29, 0.717) is 0 Å². The minimum atomic E-state index is 0. The highest BCUT2D eigenvalue weighted by Gasteiger charge is 1.99. The van der Waals surface area contributed by atoms with Crippen LogP contribution in [0.15, 0.2) is 24.3 Å². The molecule has 0 N–H and O–H groups in total. The van der Waals surface area contributed by atoms with Crippen LogP contribution in [0.25, 0.3) is 5.57 Å². The standard InChI is InChI=1S/C13H18.H2/c1-5-12(6-2)13-8-10(3)7-11(4)9-13;/h5,7-9H,6H2,1-4H3;1H/b12-5+;. The third-order valence-electron chi connectivity index (χ3n) is 2.32. The summed E-state index contributed by atoms with van der Waals surface area (Å²) in [5.74, 6) is 0. The molecule has 0 heterocycles. The Bertz CT molecular complexity index is 304. The predicted molar refractivity (Wildman–Crippen MR) is 62.0 cm³/mol. The van der Waals surface area contributed by atoms with Crippen LogP contribution in [-0.2, 0) is 0 Å². The maximum atomic E-state index is 2.26. The lowest BCUT2D eigenvalue weighted by atomic mass is 9.99. The number of allylic oxidation sites excluding steroid dienone is 2. The van der Waals surface area contributed by atoms with Gasteiger partial charge in [0.2, 0.25) is 0 Å². The molecule has 0 atom stereocenters. The minimum absolute atomic E-state index is 0. The first kappa shape index (κ1) is 10.0. The predicted octanol–water partition coefficient (Wildman–Crippen LogP) is 4.36. The lowest BCUT2D eigenvalue weighted by Crippen LogP contribution is -1.86. The van der Waals surface area contributed by atoms with E-state index in [2.05, 4.69) is 52.0 Å². The second kappa shape index (κ2) is 4.27. The van der Waals surface area contributed by atoms with Crippen molar-refractivity contribution in [3.05, 3.63) is 41.0 Å². The van der Waals surface area contributed by atoms with Crippen molar-refractivity contribution in [2.75, 3.05) is 0 Å². The fourth-order valence-electron chi connectivity index (χ4n) is 1.73. The monoisotopic (exact) mass is 176 g/mol. The number of aryl methyl sites for hydroxylation is 2. The normalized spacial score (nSPS) is 11.8. The third-order valence-corrected chi connectivity index (χ3v) is 2.32. The van der Waals surface area contributed by atoms with Crippen molar-refractivity contribution in [3.8, 4) is 0 Å². The quantitative estimate of drug-likeness (QED) is 0.628. The zero-order chi connectivity index (χ0) is 9.84. The van der Waals surface area contributed by atoms with Crippen LogP contribution in [0.2, 0.25) is 0 Å². The van der Waals surface area contributed by atoms with E-state index in [4.69, 9.17) is 0 Å². The van der Waals surface area contributed by atoms with E-state index < -0.39 is 0 Å². The first-order chi connectivity index (χ1) is 6.17. The van der Waals surface area contributed by atoms with Gasteiger partial charge in [-0.25, -0.2) is 0 Å². The van der Waals surface area contributed by atoms with Crippen LogP contribution in [-0.4, -0.2) is 0 Å². The van der Waals surface area contributed by atoms with Crippen LogP contribution < -0.4 is 0 Å². The summed E-state index contributed by atoms with van der Waals surface area (Å²) in [6.07, 6.45) is 3.31. The van der Waals surface area contributed by atoms with Crippen molar-refractivity contribution in [1.29, 1.82) is 0 Å². The molecule has 0 aliphatic heterocycles. The number of hydrogen-bond acceptors (Lipinski definition) is 0. The van der Waals surface area contributed by atoms with Crippen molar-refractivity contribution in [2.24, 2.45) is 0 Å². The minimum Gasteiger partial charge on any atom is -0.0839 e. The molecule has 0 heteroatoms. The van der Waals surface area contributed by atoms with Gasteiger partial charge in [-0.05, 0) is 38.3 Å². The van der Waals surface area contributed by atoms with Gasteiger partial charge in [0.15, 0.2) is 0 Å². The number of rotatable bonds is 2. The molecule has 13 heavy (non-hydrogen) atoms. The van der Waals surface area contributed by atoms with Gasteiger partial charge in [0, 0.05) is 1.43 Å². The summed E-state index contributed by atoms with van der Waals surface area (Å²) in [4.78, 5) is 0. The summed E-state index contributed by atoms with van der Waals surface area (Å²) in [7, 11) is 0. The number of benzene rings is 1. The Morgan fingerprint density at radius 1 is 1.23 bits per heavy atom. The molecule has 0 fully saturated rings. The van der Waals surface area contributed by atoms with Gasteiger partial charge >= 0.3 is 0 Å². The Morgan fingerprint density at radius 3 is 2.15 bits per heavy atom. The summed E-state index contributed by atoms with van der Waals surface area (Å²) in [5, 5.41) is 0. The van der Waals surface area contributed by atoms with Crippen molar-refractivity contribution >= 4 is 5.57 Å². The van der Waals surface area contributed by atoms with Crippen LogP contribution in [0.1, 0.15) is 38.4 Å². The average molecular weight is 176 g/mol. The molecule has 1 aromatic rings. The molecule has 0 nitrogen and oxygen atoms in total. The molecule has 0 amide bonds. The first-order valence-corrected chi connectivity index (χ1v) is 4.91. The highest BCUT2D eigenvalue weighted by atomic mass is 14.0. The molecule has 1 aromatic carbocycles. The van der Waals surface area contributed by atoms with Gasteiger partial charge in [0.05, 0.1) is 0 Å². The van der Waals surface area contributed by atoms with Gasteiger partial charge in [-0.1, -0.05) is 42.3 Å². The molecule has 0 aromatic heterocycles. The Morgan fingerprint density at radius 2 is 1.77 bits per heavy atom. The Balaban J connectivity index is 0.00000169. The summed E-state index contributed by atoms with van der Waals surface area (Å²) in [6, 6.07) is 6.73. The number of hydrogen-bond donors (Lipinski definition) is 0. The molecule has 0 unspecified atom stereocenters. The summed E-state index contributed by atoms with van der Waals surface area (Å²) in [6.45, 7) is 8.61. The van der Waals surface area contributed by atoms with Crippen LogP contribution in [0.3, 0.4) is 0 Å². The maximum Gasteiger partial charge on any atom is 0 e. The summed E-state index contributed by atoms with van der Waals surface area (Å²) >= 11 is 0. The topological polar surface area (TPSA) is 0 Å². The average Bonchev–Trinajstić information content (AvgIpc) is 2.04. The third kappa shape index (κ3) is 2.45. The Hall–Kier alpha value is -1.04. The molecule has 0 saturated heterocycles. The van der Waals surface area contributed by atoms with Crippen LogP contribution in [0.4, 0.5) is 0 Å². The maximum absolute atomic E-state index is 2.26. The van der Waals surface area contributed by atoms with Gasteiger partial charge in [-0.3, -0.25) is 0 Å². The molecule has 0 bridgehead atoms.